The van der Waals surface area contributed by atoms with Gasteiger partial charge in [-0.3, -0.25) is 0 Å². The SMILES string of the molecule is CCOc1cccc(C2C(C(=O)OCc3ccccc3)=C(C)Nc3ncnn32)c1. The van der Waals surface area contributed by atoms with Crippen LogP contribution in [0.5, 0.6) is 5.75 Å². The van der Waals surface area contributed by atoms with E-state index in [1.807, 2.05) is 68.4 Å². The summed E-state index contributed by atoms with van der Waals surface area (Å²) in [5.74, 6) is 0.917. The number of esters is 1. The molecule has 0 saturated heterocycles. The summed E-state index contributed by atoms with van der Waals surface area (Å²) in [4.78, 5) is 17.3. The third-order valence-corrected chi connectivity index (χ3v) is 4.71. The third-order valence-electron chi connectivity index (χ3n) is 4.71. The standard InChI is InChI=1S/C22H22N4O3/c1-3-28-18-11-7-10-17(12-18)20-19(15(2)25-22-23-14-24-26(20)22)21(27)29-13-16-8-5-4-6-9-16/h4-12,14,20H,3,13H2,1-2H3,(H,23,24,25). The normalized spacial score (nSPS) is 15.4. The summed E-state index contributed by atoms with van der Waals surface area (Å²) in [5.41, 5.74) is 2.98. The minimum atomic E-state index is -0.461. The fourth-order valence-corrected chi connectivity index (χ4v) is 3.41. The van der Waals surface area contributed by atoms with Gasteiger partial charge in [0.05, 0.1) is 12.2 Å². The van der Waals surface area contributed by atoms with E-state index >= 15 is 0 Å². The van der Waals surface area contributed by atoms with Crippen molar-refractivity contribution >= 4 is 11.9 Å². The van der Waals surface area contributed by atoms with Gasteiger partial charge in [-0.2, -0.15) is 10.1 Å². The Morgan fingerprint density at radius 2 is 2.00 bits per heavy atom. The number of hydrogen-bond donors (Lipinski definition) is 1. The molecule has 29 heavy (non-hydrogen) atoms. The zero-order chi connectivity index (χ0) is 20.2. The summed E-state index contributed by atoms with van der Waals surface area (Å²) in [6.07, 6.45) is 1.47. The second-order valence-electron chi connectivity index (χ2n) is 6.66. The highest BCUT2D eigenvalue weighted by Crippen LogP contribution is 2.36. The van der Waals surface area contributed by atoms with Crippen LogP contribution in [-0.4, -0.2) is 27.3 Å². The van der Waals surface area contributed by atoms with Gasteiger partial charge in [0, 0.05) is 5.70 Å². The molecule has 0 saturated carbocycles. The highest BCUT2D eigenvalue weighted by Gasteiger charge is 2.34. The molecule has 1 aliphatic rings. The van der Waals surface area contributed by atoms with Gasteiger partial charge in [0.15, 0.2) is 0 Å². The van der Waals surface area contributed by atoms with Crippen LogP contribution in [0.1, 0.15) is 31.0 Å². The molecule has 1 N–H and O–H groups in total. The molecule has 2 heterocycles. The molecule has 0 radical (unpaired) electrons. The second kappa shape index (κ2) is 8.18. The Morgan fingerprint density at radius 3 is 2.79 bits per heavy atom. The molecule has 7 nitrogen and oxygen atoms in total. The van der Waals surface area contributed by atoms with E-state index in [0.29, 0.717) is 23.8 Å². The summed E-state index contributed by atoms with van der Waals surface area (Å²) in [6.45, 7) is 4.54. The molecule has 0 spiro atoms. The number of hydrogen-bond acceptors (Lipinski definition) is 6. The minimum absolute atomic E-state index is 0.201. The fraction of sp³-hybridized carbons (Fsp3) is 0.227. The van der Waals surface area contributed by atoms with Crippen LogP contribution in [0, 0.1) is 0 Å². The van der Waals surface area contributed by atoms with Gasteiger partial charge in [0.2, 0.25) is 5.95 Å². The Morgan fingerprint density at radius 1 is 1.17 bits per heavy atom. The number of carbonyl (C=O) groups is 1. The minimum Gasteiger partial charge on any atom is -0.494 e. The van der Waals surface area contributed by atoms with E-state index < -0.39 is 12.0 Å². The van der Waals surface area contributed by atoms with Crippen molar-refractivity contribution in [1.29, 1.82) is 0 Å². The summed E-state index contributed by atoms with van der Waals surface area (Å²) < 4.78 is 13.0. The van der Waals surface area contributed by atoms with Crippen LogP contribution >= 0.6 is 0 Å². The molecule has 1 unspecified atom stereocenters. The molecular weight excluding hydrogens is 368 g/mol. The van der Waals surface area contributed by atoms with E-state index in [4.69, 9.17) is 9.47 Å². The topological polar surface area (TPSA) is 78.3 Å². The predicted molar refractivity (Wildman–Crippen MR) is 108 cm³/mol. The molecule has 3 aromatic rings. The van der Waals surface area contributed by atoms with Gasteiger partial charge in [-0.1, -0.05) is 42.5 Å². The van der Waals surface area contributed by atoms with Gasteiger partial charge >= 0.3 is 5.97 Å². The summed E-state index contributed by atoms with van der Waals surface area (Å²) >= 11 is 0. The number of benzene rings is 2. The van der Waals surface area contributed by atoms with Crippen molar-refractivity contribution in [3.8, 4) is 5.75 Å². The first-order valence-corrected chi connectivity index (χ1v) is 9.48. The Balaban J connectivity index is 1.68. The highest BCUT2D eigenvalue weighted by molar-refractivity contribution is 5.92. The van der Waals surface area contributed by atoms with Crippen LogP contribution < -0.4 is 10.1 Å². The van der Waals surface area contributed by atoms with E-state index in [-0.39, 0.29) is 6.61 Å². The lowest BCUT2D eigenvalue weighted by atomic mass is 9.95. The first-order valence-electron chi connectivity index (χ1n) is 9.48. The molecule has 1 atom stereocenters. The number of carbonyl (C=O) groups excluding carboxylic acids is 1. The van der Waals surface area contributed by atoms with Crippen molar-refractivity contribution in [2.45, 2.75) is 26.5 Å². The average Bonchev–Trinajstić information content (AvgIpc) is 3.20. The largest absolute Gasteiger partial charge is 0.494 e. The molecule has 2 aromatic carbocycles. The number of rotatable bonds is 6. The van der Waals surface area contributed by atoms with Crippen molar-refractivity contribution in [2.24, 2.45) is 0 Å². The molecule has 0 aliphatic carbocycles. The van der Waals surface area contributed by atoms with Crippen LogP contribution in [0.2, 0.25) is 0 Å². The number of nitrogens with one attached hydrogen (secondary N) is 1. The van der Waals surface area contributed by atoms with E-state index in [9.17, 15) is 4.79 Å². The van der Waals surface area contributed by atoms with E-state index in [1.54, 1.807) is 4.68 Å². The number of ether oxygens (including phenoxy) is 2. The van der Waals surface area contributed by atoms with Gasteiger partial charge in [0.1, 0.15) is 24.7 Å². The Kier molecular flexibility index (Phi) is 5.29. The number of allylic oxidation sites excluding steroid dienone is 1. The molecular formula is C22H22N4O3. The molecule has 4 rings (SSSR count). The molecule has 7 heteroatoms. The summed E-state index contributed by atoms with van der Waals surface area (Å²) in [7, 11) is 0. The van der Waals surface area contributed by atoms with Gasteiger partial charge in [-0.15, -0.1) is 0 Å². The van der Waals surface area contributed by atoms with Crippen molar-refractivity contribution < 1.29 is 14.3 Å². The zero-order valence-electron chi connectivity index (χ0n) is 16.3. The number of nitrogens with zero attached hydrogens (tertiary/aromatic N) is 3. The first kappa shape index (κ1) is 18.7. The highest BCUT2D eigenvalue weighted by atomic mass is 16.5. The lowest BCUT2D eigenvalue weighted by Gasteiger charge is -2.28. The smallest absolute Gasteiger partial charge is 0.338 e. The fourth-order valence-electron chi connectivity index (χ4n) is 3.41. The van der Waals surface area contributed by atoms with E-state index in [2.05, 4.69) is 15.4 Å². The van der Waals surface area contributed by atoms with E-state index in [1.165, 1.54) is 6.33 Å². The first-order chi connectivity index (χ1) is 14.2. The van der Waals surface area contributed by atoms with Gasteiger partial charge in [0.25, 0.3) is 0 Å². The maximum absolute atomic E-state index is 13.1. The van der Waals surface area contributed by atoms with Crippen molar-refractivity contribution in [1.82, 2.24) is 14.8 Å². The second-order valence-corrected chi connectivity index (χ2v) is 6.66. The number of anilines is 1. The molecule has 0 amide bonds. The maximum atomic E-state index is 13.1. The van der Waals surface area contributed by atoms with Crippen LogP contribution in [0.3, 0.4) is 0 Å². The number of aromatic nitrogens is 3. The molecule has 1 aliphatic heterocycles. The summed E-state index contributed by atoms with van der Waals surface area (Å²) in [6, 6.07) is 16.8. The quantitative estimate of drug-likeness (QED) is 0.647. The molecule has 0 bridgehead atoms. The van der Waals surface area contributed by atoms with Crippen LogP contribution in [0.15, 0.2) is 72.2 Å². The van der Waals surface area contributed by atoms with E-state index in [0.717, 1.165) is 16.9 Å². The Hall–Kier alpha value is -3.61. The predicted octanol–water partition coefficient (Wildman–Crippen LogP) is 3.71. The molecule has 1 aromatic heterocycles. The molecule has 0 fully saturated rings. The lowest BCUT2D eigenvalue weighted by molar-refractivity contribution is -0.140. The Bertz CT molecular complexity index is 1040. The molecule has 148 valence electrons. The summed E-state index contributed by atoms with van der Waals surface area (Å²) in [5, 5.41) is 7.48. The monoisotopic (exact) mass is 390 g/mol. The van der Waals surface area contributed by atoms with Crippen LogP contribution in [0.4, 0.5) is 5.95 Å². The third kappa shape index (κ3) is 3.85. The average molecular weight is 390 g/mol. The van der Waals surface area contributed by atoms with Crippen molar-refractivity contribution in [2.75, 3.05) is 11.9 Å². The van der Waals surface area contributed by atoms with Gasteiger partial charge in [-0.25, -0.2) is 9.48 Å². The van der Waals surface area contributed by atoms with Crippen molar-refractivity contribution in [3.05, 3.63) is 83.3 Å². The van der Waals surface area contributed by atoms with Gasteiger partial charge < -0.3 is 14.8 Å². The lowest BCUT2D eigenvalue weighted by Crippen LogP contribution is -2.29. The van der Waals surface area contributed by atoms with Gasteiger partial charge in [-0.05, 0) is 37.1 Å². The van der Waals surface area contributed by atoms with Crippen molar-refractivity contribution in [3.63, 3.8) is 0 Å². The zero-order valence-corrected chi connectivity index (χ0v) is 16.3. The Labute approximate surface area is 169 Å². The maximum Gasteiger partial charge on any atom is 0.338 e. The van der Waals surface area contributed by atoms with Crippen LogP contribution in [0.25, 0.3) is 0 Å². The van der Waals surface area contributed by atoms with Crippen LogP contribution in [-0.2, 0) is 16.1 Å². The number of fused-ring (bicyclic) bond motifs is 1.